The number of ether oxygens (including phenoxy) is 1. The number of rotatable bonds is 11. The molecule has 0 amide bonds. The van der Waals surface area contributed by atoms with Crippen LogP contribution in [-0.2, 0) is 0 Å². The van der Waals surface area contributed by atoms with Crippen LogP contribution >= 0.6 is 11.6 Å². The van der Waals surface area contributed by atoms with Crippen molar-refractivity contribution >= 4 is 105 Å². The van der Waals surface area contributed by atoms with E-state index >= 15 is 0 Å². The molecule has 0 aliphatic heterocycles. The van der Waals surface area contributed by atoms with E-state index in [9.17, 15) is 5.11 Å². The van der Waals surface area contributed by atoms with E-state index in [1.54, 1.807) is 18.2 Å². The summed E-state index contributed by atoms with van der Waals surface area (Å²) in [6, 6.07) is 116. The molecular formula is C95H73ClN8O4. The molecule has 13 heteroatoms. The van der Waals surface area contributed by atoms with Crippen LogP contribution in [0.2, 0.25) is 0 Å². The summed E-state index contributed by atoms with van der Waals surface area (Å²) in [4.78, 5) is 0. The number of nitrogens with zero attached hydrogens (tertiary/aromatic N) is 8. The first-order valence-electron chi connectivity index (χ1n) is 35.9. The Labute approximate surface area is 629 Å². The fourth-order valence-corrected chi connectivity index (χ4v) is 14.3. The summed E-state index contributed by atoms with van der Waals surface area (Å²) in [7, 11) is 0. The molecule has 0 saturated carbocycles. The summed E-state index contributed by atoms with van der Waals surface area (Å²) in [5, 5.41) is 37.5. The lowest BCUT2D eigenvalue weighted by Gasteiger charge is -2.14. The molecule has 0 unspecified atom stereocenters. The molecule has 6 aromatic heterocycles. The molecule has 0 bridgehead atoms. The van der Waals surface area contributed by atoms with Crippen molar-refractivity contribution in [2.45, 2.75) is 20.8 Å². The molecule has 0 aliphatic rings. The predicted molar refractivity (Wildman–Crippen MR) is 445 cm³/mol. The molecule has 0 aliphatic carbocycles. The molecule has 0 radical (unpaired) electrons. The lowest BCUT2D eigenvalue weighted by Crippen LogP contribution is -2.00. The Balaban J connectivity index is 0.000000134. The first-order chi connectivity index (χ1) is 53.2. The zero-order valence-electron chi connectivity index (χ0n) is 59.7. The van der Waals surface area contributed by atoms with Gasteiger partial charge in [0.1, 0.15) is 11.5 Å². The lowest BCUT2D eigenvalue weighted by atomic mass is 10.1. The molecule has 1 N–H and O–H groups in total. The van der Waals surface area contributed by atoms with E-state index in [1.807, 2.05) is 98.8 Å². The van der Waals surface area contributed by atoms with Crippen LogP contribution < -0.4 is 4.74 Å². The zero-order valence-corrected chi connectivity index (χ0v) is 60.4. The van der Waals surface area contributed by atoms with Crippen LogP contribution in [0.15, 0.2) is 355 Å². The van der Waals surface area contributed by atoms with Gasteiger partial charge in [-0.05, 0) is 141 Å². The van der Waals surface area contributed by atoms with Gasteiger partial charge in [-0.3, -0.25) is 0 Å². The van der Waals surface area contributed by atoms with E-state index in [1.165, 1.54) is 54.2 Å². The molecule has 108 heavy (non-hydrogen) atoms. The number of halogens is 1. The number of phenols is 1. The molecular weight excluding hydrogens is 1350 g/mol. The SMILES string of the molecule is C=Cc1ccccc1.CCCl.CCOc1cccc(-c2nnc(-c3cc(-n4c5ccccc5c5ccccc54)cc(-n4c5ccccc5c5ccccc54)c3)o2)c1.Cc1ccccc1.Oc1cccc(-c2nnc(-c3cc(-n4c5ccccc5c5ccccc54)cc(-n4c5ccccc5c5ccccc54)c3)o2)c1. The Hall–Kier alpha value is -13.8. The first kappa shape index (κ1) is 68.6. The number of aryl methyl sites for hydroxylation is 1. The lowest BCUT2D eigenvalue weighted by molar-refractivity contribution is 0.340. The van der Waals surface area contributed by atoms with E-state index in [4.69, 9.17) is 25.2 Å². The van der Waals surface area contributed by atoms with Gasteiger partial charge in [0.05, 0.1) is 50.7 Å². The smallest absolute Gasteiger partial charge is 0.248 e. The Morgan fingerprint density at radius 1 is 0.333 bits per heavy atom. The van der Waals surface area contributed by atoms with Crippen LogP contribution in [0.1, 0.15) is 25.0 Å². The zero-order chi connectivity index (χ0) is 73.5. The van der Waals surface area contributed by atoms with Crippen molar-refractivity contribution in [2.75, 3.05) is 12.5 Å². The average Bonchev–Trinajstić information content (AvgIpc) is 1.58. The van der Waals surface area contributed by atoms with Gasteiger partial charge >= 0.3 is 0 Å². The molecule has 524 valence electrons. The van der Waals surface area contributed by atoms with Gasteiger partial charge < -0.3 is 36.9 Å². The van der Waals surface area contributed by atoms with Crippen LogP contribution in [0.4, 0.5) is 0 Å². The van der Waals surface area contributed by atoms with Gasteiger partial charge in [-0.2, -0.15) is 0 Å². The second-order valence-electron chi connectivity index (χ2n) is 25.8. The molecule has 0 fully saturated rings. The molecule has 0 spiro atoms. The predicted octanol–water partition coefficient (Wildman–Crippen LogP) is 24.9. The van der Waals surface area contributed by atoms with Crippen LogP contribution in [0, 0.1) is 6.92 Å². The monoisotopic (exact) mass is 1420 g/mol. The highest BCUT2D eigenvalue weighted by atomic mass is 35.5. The van der Waals surface area contributed by atoms with Crippen molar-refractivity contribution in [3.05, 3.63) is 357 Å². The van der Waals surface area contributed by atoms with Gasteiger partial charge in [0, 0.05) is 94.0 Å². The number of hydrogen-bond donors (Lipinski definition) is 1. The van der Waals surface area contributed by atoms with E-state index < -0.39 is 0 Å². The summed E-state index contributed by atoms with van der Waals surface area (Å²) >= 11 is 5.00. The minimum absolute atomic E-state index is 0.143. The van der Waals surface area contributed by atoms with Crippen molar-refractivity contribution in [1.29, 1.82) is 0 Å². The van der Waals surface area contributed by atoms with Gasteiger partial charge in [0.2, 0.25) is 23.6 Å². The highest BCUT2D eigenvalue weighted by molar-refractivity contribution is 6.17. The van der Waals surface area contributed by atoms with Crippen molar-refractivity contribution < 1.29 is 18.7 Å². The summed E-state index contributed by atoms with van der Waals surface area (Å²) in [5.41, 5.74) is 18.5. The second kappa shape index (κ2) is 30.9. The second-order valence-corrected chi connectivity index (χ2v) is 26.4. The molecule has 14 aromatic carbocycles. The van der Waals surface area contributed by atoms with Gasteiger partial charge in [-0.25, -0.2) is 0 Å². The third-order valence-corrected chi connectivity index (χ3v) is 19.0. The van der Waals surface area contributed by atoms with Gasteiger partial charge in [-0.15, -0.1) is 32.0 Å². The van der Waals surface area contributed by atoms with E-state index in [0.717, 1.165) is 95.2 Å². The van der Waals surface area contributed by atoms with Gasteiger partial charge in [-0.1, -0.05) is 244 Å². The molecule has 20 rings (SSSR count). The molecule has 12 nitrogen and oxygen atoms in total. The van der Waals surface area contributed by atoms with Gasteiger partial charge in [0.15, 0.2) is 0 Å². The average molecular weight is 1430 g/mol. The fourth-order valence-electron chi connectivity index (χ4n) is 14.3. The highest BCUT2D eigenvalue weighted by Gasteiger charge is 2.23. The van der Waals surface area contributed by atoms with E-state index in [2.05, 4.69) is 295 Å². The van der Waals surface area contributed by atoms with Crippen molar-refractivity contribution in [3.63, 3.8) is 0 Å². The van der Waals surface area contributed by atoms with Crippen LogP contribution in [-0.4, -0.2) is 56.3 Å². The molecule has 0 atom stereocenters. The number of aromatic hydroxyl groups is 1. The number of para-hydroxylation sites is 8. The normalized spacial score (nSPS) is 11.1. The number of aromatic nitrogens is 8. The Morgan fingerprint density at radius 3 is 0.889 bits per heavy atom. The maximum Gasteiger partial charge on any atom is 0.248 e. The largest absolute Gasteiger partial charge is 0.508 e. The van der Waals surface area contributed by atoms with Crippen LogP contribution in [0.5, 0.6) is 11.5 Å². The Kier molecular flexibility index (Phi) is 19.6. The van der Waals surface area contributed by atoms with Crippen LogP contribution in [0.25, 0.3) is 162 Å². The van der Waals surface area contributed by atoms with E-state index in [0.29, 0.717) is 35.7 Å². The minimum Gasteiger partial charge on any atom is -0.508 e. The topological polar surface area (TPSA) is 127 Å². The Bertz CT molecular complexity index is 6120. The minimum atomic E-state index is 0.143. The summed E-state index contributed by atoms with van der Waals surface area (Å²) in [5.74, 6) is 3.26. The number of benzene rings is 14. The standard InChI is InChI=1S/C40H28N4O2.C38H24N4O2.C8H8.C7H8.C2H5Cl/c1-2-45-30-13-11-12-26(24-30)39-41-42-40(46-39)27-22-28(43-35-18-7-3-14-31(35)32-15-4-8-19-36(32)43)25-29(23-27)44-37-20-9-5-16-33(37)34-17-6-10-21-38(34)44;43-28-11-9-10-24(22-28)37-39-40-38(44-37)25-20-26(41-33-16-5-1-12-29(33)30-13-2-6-17-34(30)41)23-27(21-25)42-35-18-7-3-14-31(35)32-15-4-8-19-36(32)42;1-2-8-6-4-3-5-7-8;1-7-5-3-2-4-6-7;1-2-3/h3-25H,2H2,1H3;1-23,43H;2-7H,1H2;2-6H,1H3;2H2,1H3. The number of hydrogen-bond acceptors (Lipinski definition) is 8. The highest BCUT2D eigenvalue weighted by Crippen LogP contribution is 2.41. The molecule has 0 saturated heterocycles. The van der Waals surface area contributed by atoms with E-state index in [-0.39, 0.29) is 5.75 Å². The maximum absolute atomic E-state index is 10.0. The van der Waals surface area contributed by atoms with Crippen molar-refractivity contribution in [2.24, 2.45) is 0 Å². The summed E-state index contributed by atoms with van der Waals surface area (Å²) in [6.07, 6.45) is 1.83. The Morgan fingerprint density at radius 2 is 0.611 bits per heavy atom. The third kappa shape index (κ3) is 13.6. The first-order valence-corrected chi connectivity index (χ1v) is 36.5. The van der Waals surface area contributed by atoms with Crippen molar-refractivity contribution in [3.8, 4) is 80.1 Å². The molecule has 6 heterocycles. The number of alkyl halides is 1. The van der Waals surface area contributed by atoms with Gasteiger partial charge in [0.25, 0.3) is 0 Å². The maximum atomic E-state index is 10.0. The fraction of sp³-hybridized carbons (Fsp3) is 0.0526. The quantitative estimate of drug-likeness (QED) is 0.127. The number of phenolic OH excluding ortho intramolecular Hbond substituents is 1. The number of fused-ring (bicyclic) bond motifs is 12. The molecule has 20 aromatic rings. The summed E-state index contributed by atoms with van der Waals surface area (Å²) < 4.78 is 27.6. The van der Waals surface area contributed by atoms with Crippen LogP contribution in [0.3, 0.4) is 0 Å². The van der Waals surface area contributed by atoms with Crippen molar-refractivity contribution in [1.82, 2.24) is 38.7 Å². The summed E-state index contributed by atoms with van der Waals surface area (Å²) in [6.45, 7) is 10.2. The third-order valence-electron chi connectivity index (χ3n) is 19.0.